The minimum absolute atomic E-state index is 0.237. The maximum Gasteiger partial charge on any atom is 0.217 e. The summed E-state index contributed by atoms with van der Waals surface area (Å²) < 4.78 is 25.8. The van der Waals surface area contributed by atoms with Gasteiger partial charge in [-0.2, -0.15) is 0 Å². The molecule has 0 saturated heterocycles. The van der Waals surface area contributed by atoms with Gasteiger partial charge in [0.1, 0.15) is 23.8 Å². The van der Waals surface area contributed by atoms with E-state index in [-0.39, 0.29) is 11.8 Å². The first-order valence-corrected chi connectivity index (χ1v) is 4.06. The van der Waals surface area contributed by atoms with Crippen molar-refractivity contribution in [2.75, 3.05) is 6.54 Å². The Morgan fingerprint density at radius 3 is 2.67 bits per heavy atom. The standard InChI is InChI=1S/C9H7F2NO3/c10-7-1-2-9(11)8(3-7)6(5-13)4-12(14)15/h1-3,5-6H,4H2. The molecule has 1 aromatic rings. The Hall–Kier alpha value is -1.85. The number of carbonyl (C=O) groups excluding carboxylic acids is 1. The van der Waals surface area contributed by atoms with Crippen LogP contribution in [0.25, 0.3) is 0 Å². The quantitative estimate of drug-likeness (QED) is 0.434. The Bertz CT molecular complexity index is 395. The number of aldehydes is 1. The lowest BCUT2D eigenvalue weighted by Crippen LogP contribution is -2.15. The van der Waals surface area contributed by atoms with Crippen molar-refractivity contribution in [2.45, 2.75) is 5.92 Å². The third-order valence-electron chi connectivity index (χ3n) is 1.87. The SMILES string of the molecule is O=CC(C[N+](=O)[O-])c1cc(F)ccc1F. The van der Waals surface area contributed by atoms with E-state index >= 15 is 0 Å². The molecule has 0 radical (unpaired) electrons. The zero-order valence-electron chi connectivity index (χ0n) is 7.52. The van der Waals surface area contributed by atoms with Crippen molar-refractivity contribution in [1.82, 2.24) is 0 Å². The molecule has 1 atom stereocenters. The summed E-state index contributed by atoms with van der Waals surface area (Å²) in [6.07, 6.45) is 0.237. The van der Waals surface area contributed by atoms with Gasteiger partial charge in [0.2, 0.25) is 6.54 Å². The number of carbonyl (C=O) groups is 1. The fraction of sp³-hybridized carbons (Fsp3) is 0.222. The lowest BCUT2D eigenvalue weighted by molar-refractivity contribution is -0.481. The van der Waals surface area contributed by atoms with Crippen LogP contribution in [0.15, 0.2) is 18.2 Å². The molecular weight excluding hydrogens is 208 g/mol. The number of benzene rings is 1. The number of hydrogen-bond donors (Lipinski definition) is 0. The van der Waals surface area contributed by atoms with Crippen LogP contribution in [0.5, 0.6) is 0 Å². The Morgan fingerprint density at radius 1 is 1.47 bits per heavy atom. The molecule has 1 rings (SSSR count). The number of halogens is 2. The average molecular weight is 215 g/mol. The van der Waals surface area contributed by atoms with Gasteiger partial charge in [0.25, 0.3) is 0 Å². The van der Waals surface area contributed by atoms with Gasteiger partial charge in [-0.25, -0.2) is 8.78 Å². The van der Waals surface area contributed by atoms with Crippen LogP contribution in [0.1, 0.15) is 11.5 Å². The zero-order valence-corrected chi connectivity index (χ0v) is 7.52. The minimum Gasteiger partial charge on any atom is -0.302 e. The van der Waals surface area contributed by atoms with Gasteiger partial charge in [-0.15, -0.1) is 0 Å². The molecule has 0 spiro atoms. The van der Waals surface area contributed by atoms with E-state index in [1.165, 1.54) is 0 Å². The van der Waals surface area contributed by atoms with Crippen molar-refractivity contribution in [2.24, 2.45) is 0 Å². The fourth-order valence-electron chi connectivity index (χ4n) is 1.17. The molecule has 0 N–H and O–H groups in total. The molecular formula is C9H7F2NO3. The molecule has 1 unspecified atom stereocenters. The Morgan fingerprint density at radius 2 is 2.13 bits per heavy atom. The van der Waals surface area contributed by atoms with Crippen molar-refractivity contribution >= 4 is 6.29 Å². The van der Waals surface area contributed by atoms with E-state index in [0.717, 1.165) is 18.2 Å². The summed E-state index contributed by atoms with van der Waals surface area (Å²) in [5.74, 6) is -2.81. The van der Waals surface area contributed by atoms with Gasteiger partial charge in [-0.1, -0.05) is 0 Å². The molecule has 0 aliphatic rings. The highest BCUT2D eigenvalue weighted by molar-refractivity contribution is 5.62. The lowest BCUT2D eigenvalue weighted by atomic mass is 10.0. The van der Waals surface area contributed by atoms with Crippen molar-refractivity contribution in [3.05, 3.63) is 45.5 Å². The van der Waals surface area contributed by atoms with E-state index in [2.05, 4.69) is 0 Å². The second-order valence-electron chi connectivity index (χ2n) is 2.92. The largest absolute Gasteiger partial charge is 0.302 e. The lowest BCUT2D eigenvalue weighted by Gasteiger charge is -2.06. The van der Waals surface area contributed by atoms with Crippen molar-refractivity contribution in [1.29, 1.82) is 0 Å². The molecule has 0 heterocycles. The first-order chi connectivity index (χ1) is 7.04. The maximum absolute atomic E-state index is 13.1. The van der Waals surface area contributed by atoms with Crippen LogP contribution < -0.4 is 0 Å². The molecule has 0 bridgehead atoms. The minimum atomic E-state index is -1.25. The molecule has 4 nitrogen and oxygen atoms in total. The fourth-order valence-corrected chi connectivity index (χ4v) is 1.17. The summed E-state index contributed by atoms with van der Waals surface area (Å²) in [6, 6.07) is 2.51. The third kappa shape index (κ3) is 2.80. The highest BCUT2D eigenvalue weighted by Crippen LogP contribution is 2.19. The van der Waals surface area contributed by atoms with Crippen LogP contribution in [0.3, 0.4) is 0 Å². The Kier molecular flexibility index (Phi) is 3.43. The van der Waals surface area contributed by atoms with Crippen LogP contribution in [0.4, 0.5) is 8.78 Å². The summed E-state index contributed by atoms with van der Waals surface area (Å²) in [4.78, 5) is 19.9. The molecule has 6 heteroatoms. The first-order valence-electron chi connectivity index (χ1n) is 4.06. The second-order valence-corrected chi connectivity index (χ2v) is 2.92. The normalized spacial score (nSPS) is 12.1. The highest BCUT2D eigenvalue weighted by atomic mass is 19.1. The molecule has 1 aromatic carbocycles. The number of hydrogen-bond acceptors (Lipinski definition) is 3. The van der Waals surface area contributed by atoms with E-state index in [1.54, 1.807) is 0 Å². The first kappa shape index (κ1) is 11.2. The number of nitrogens with zero attached hydrogens (tertiary/aromatic N) is 1. The summed E-state index contributed by atoms with van der Waals surface area (Å²) in [5, 5.41) is 10.2. The van der Waals surface area contributed by atoms with Gasteiger partial charge in [-0.3, -0.25) is 10.1 Å². The van der Waals surface area contributed by atoms with Gasteiger partial charge >= 0.3 is 0 Å². The maximum atomic E-state index is 13.1. The summed E-state index contributed by atoms with van der Waals surface area (Å²) in [5.41, 5.74) is -0.290. The number of rotatable bonds is 4. The van der Waals surface area contributed by atoms with Gasteiger partial charge in [0.15, 0.2) is 0 Å². The molecule has 15 heavy (non-hydrogen) atoms. The van der Waals surface area contributed by atoms with Crippen LogP contribution in [-0.2, 0) is 4.79 Å². The van der Waals surface area contributed by atoms with Gasteiger partial charge in [-0.05, 0) is 18.2 Å². The Labute approximate surface area is 83.7 Å². The summed E-state index contributed by atoms with van der Waals surface area (Å²) in [7, 11) is 0. The van der Waals surface area contributed by atoms with Crippen molar-refractivity contribution in [3.63, 3.8) is 0 Å². The van der Waals surface area contributed by atoms with Crippen LogP contribution >= 0.6 is 0 Å². The van der Waals surface area contributed by atoms with Crippen molar-refractivity contribution in [3.8, 4) is 0 Å². The molecule has 0 aromatic heterocycles. The van der Waals surface area contributed by atoms with E-state index < -0.39 is 29.0 Å². The molecule has 80 valence electrons. The monoisotopic (exact) mass is 215 g/mol. The topological polar surface area (TPSA) is 60.2 Å². The van der Waals surface area contributed by atoms with Gasteiger partial charge in [0.05, 0.1) is 0 Å². The second kappa shape index (κ2) is 4.59. The van der Waals surface area contributed by atoms with E-state index in [4.69, 9.17) is 0 Å². The van der Waals surface area contributed by atoms with Crippen LogP contribution in [0, 0.1) is 21.7 Å². The molecule has 0 amide bonds. The predicted molar refractivity (Wildman–Crippen MR) is 47.0 cm³/mol. The summed E-state index contributed by atoms with van der Waals surface area (Å²) >= 11 is 0. The van der Waals surface area contributed by atoms with Crippen LogP contribution in [-0.4, -0.2) is 17.8 Å². The van der Waals surface area contributed by atoms with E-state index in [0.29, 0.717) is 0 Å². The third-order valence-corrected chi connectivity index (χ3v) is 1.87. The number of nitro groups is 1. The van der Waals surface area contributed by atoms with Crippen LogP contribution in [0.2, 0.25) is 0 Å². The molecule has 0 aliphatic carbocycles. The molecule has 0 aliphatic heterocycles. The molecule has 0 saturated carbocycles. The van der Waals surface area contributed by atoms with E-state index in [1.807, 2.05) is 0 Å². The predicted octanol–water partition coefficient (Wildman–Crippen LogP) is 1.52. The van der Waals surface area contributed by atoms with Crippen molar-refractivity contribution < 1.29 is 18.5 Å². The van der Waals surface area contributed by atoms with Gasteiger partial charge < -0.3 is 4.79 Å². The summed E-state index contributed by atoms with van der Waals surface area (Å²) in [6.45, 7) is -0.746. The average Bonchev–Trinajstić information content (AvgIpc) is 2.18. The smallest absolute Gasteiger partial charge is 0.217 e. The Balaban J connectivity index is 3.05. The van der Waals surface area contributed by atoms with Gasteiger partial charge in [0, 0.05) is 10.5 Å². The molecule has 0 fully saturated rings. The van der Waals surface area contributed by atoms with E-state index in [9.17, 15) is 23.7 Å². The zero-order chi connectivity index (χ0) is 11.4. The highest BCUT2D eigenvalue weighted by Gasteiger charge is 2.21.